The molecule has 0 spiro atoms. The predicted molar refractivity (Wildman–Crippen MR) is 128 cm³/mol. The number of hydrogen-bond acceptors (Lipinski definition) is 3. The van der Waals surface area contributed by atoms with Crippen LogP contribution in [0.4, 0.5) is 0 Å². The molecule has 4 nitrogen and oxygen atoms in total. The molecule has 0 aromatic heterocycles. The molecule has 5 heteroatoms. The number of likely N-dealkylation sites (tertiary alicyclic amines) is 1. The van der Waals surface area contributed by atoms with Crippen LogP contribution in [0.1, 0.15) is 33.7 Å². The molecule has 5 rings (SSSR count). The Morgan fingerprint density at radius 3 is 2.44 bits per heavy atom. The summed E-state index contributed by atoms with van der Waals surface area (Å²) in [6.45, 7) is 7.61. The second-order valence-corrected chi connectivity index (χ2v) is 11.2. The van der Waals surface area contributed by atoms with Crippen molar-refractivity contribution in [1.29, 1.82) is 0 Å². The van der Waals surface area contributed by atoms with Crippen LogP contribution in [0.3, 0.4) is 0 Å². The average molecular weight is 447 g/mol. The molecule has 0 bridgehead atoms. The lowest BCUT2D eigenvalue weighted by molar-refractivity contribution is 0.293. The van der Waals surface area contributed by atoms with E-state index in [2.05, 4.69) is 47.4 Å². The van der Waals surface area contributed by atoms with Gasteiger partial charge in [0.2, 0.25) is 10.0 Å². The smallest absolute Gasteiger partial charge is 0.243 e. The molecule has 32 heavy (non-hydrogen) atoms. The van der Waals surface area contributed by atoms with Gasteiger partial charge in [-0.1, -0.05) is 66.7 Å². The molecule has 2 aliphatic heterocycles. The van der Waals surface area contributed by atoms with Crippen molar-refractivity contribution in [2.75, 3.05) is 19.6 Å². The highest BCUT2D eigenvalue weighted by Gasteiger charge is 2.41. The normalized spacial score (nSPS) is 21.7. The Hall–Kier alpha value is -2.47. The Bertz CT molecular complexity index is 1220. The molecule has 2 atom stereocenters. The van der Waals surface area contributed by atoms with Crippen LogP contribution in [0.15, 0.2) is 77.7 Å². The minimum Gasteiger partial charge on any atom is -0.298 e. The number of hydrogen-bond donors (Lipinski definition) is 0. The van der Waals surface area contributed by atoms with Gasteiger partial charge < -0.3 is 0 Å². The number of nitrogens with zero attached hydrogens (tertiary/aromatic N) is 2. The first-order chi connectivity index (χ1) is 15.4. The van der Waals surface area contributed by atoms with Crippen LogP contribution in [0, 0.1) is 19.8 Å². The van der Waals surface area contributed by atoms with Crippen LogP contribution in [-0.4, -0.2) is 37.3 Å². The number of fused-ring (bicyclic) bond motifs is 3. The Kier molecular flexibility index (Phi) is 5.66. The third-order valence-electron chi connectivity index (χ3n) is 6.97. The van der Waals surface area contributed by atoms with Crippen molar-refractivity contribution in [2.24, 2.45) is 5.92 Å². The lowest BCUT2D eigenvalue weighted by Crippen LogP contribution is -2.35. The molecule has 1 saturated heterocycles. The second-order valence-electron chi connectivity index (χ2n) is 9.31. The molecule has 0 radical (unpaired) electrons. The maximum Gasteiger partial charge on any atom is 0.243 e. The van der Waals surface area contributed by atoms with Crippen LogP contribution in [0.25, 0.3) is 0 Å². The van der Waals surface area contributed by atoms with E-state index in [1.54, 1.807) is 4.31 Å². The first kappa shape index (κ1) is 21.4. The van der Waals surface area contributed by atoms with Gasteiger partial charge in [-0.05, 0) is 53.6 Å². The third-order valence-corrected chi connectivity index (χ3v) is 8.92. The number of rotatable bonds is 4. The van der Waals surface area contributed by atoms with E-state index in [1.807, 2.05) is 44.2 Å². The molecular weight excluding hydrogens is 416 g/mol. The fourth-order valence-electron chi connectivity index (χ4n) is 5.33. The van der Waals surface area contributed by atoms with Crippen LogP contribution in [-0.2, 0) is 23.1 Å². The lowest BCUT2D eigenvalue weighted by Gasteiger charge is -2.25. The second kappa shape index (κ2) is 8.47. The fourth-order valence-corrected chi connectivity index (χ4v) is 7.12. The molecule has 0 amide bonds. The summed E-state index contributed by atoms with van der Waals surface area (Å²) in [6.07, 6.45) is 0. The topological polar surface area (TPSA) is 40.6 Å². The van der Waals surface area contributed by atoms with Gasteiger partial charge in [0.05, 0.1) is 4.90 Å². The molecule has 3 aromatic rings. The zero-order chi connectivity index (χ0) is 22.3. The largest absolute Gasteiger partial charge is 0.298 e. The quantitative estimate of drug-likeness (QED) is 0.582. The van der Waals surface area contributed by atoms with Crippen LogP contribution in [0.5, 0.6) is 0 Å². The number of sulfonamides is 1. The van der Waals surface area contributed by atoms with Gasteiger partial charge in [-0.2, -0.15) is 4.31 Å². The van der Waals surface area contributed by atoms with Gasteiger partial charge >= 0.3 is 0 Å². The molecule has 3 aromatic carbocycles. The summed E-state index contributed by atoms with van der Waals surface area (Å²) < 4.78 is 29.3. The molecule has 0 aliphatic carbocycles. The highest BCUT2D eigenvalue weighted by Crippen LogP contribution is 2.40. The SMILES string of the molecule is Cc1ccc(C)c(S(=O)(=O)N2Cc3ccccc3C3CN(Cc4ccccc4)C[C@H]3C2)c1. The van der Waals surface area contributed by atoms with Crippen molar-refractivity contribution in [2.45, 2.75) is 37.8 Å². The molecule has 2 aliphatic rings. The summed E-state index contributed by atoms with van der Waals surface area (Å²) in [6, 6.07) is 24.7. The van der Waals surface area contributed by atoms with Crippen molar-refractivity contribution in [1.82, 2.24) is 9.21 Å². The maximum atomic E-state index is 13.8. The van der Waals surface area contributed by atoms with Gasteiger partial charge in [0, 0.05) is 38.6 Å². The first-order valence-electron chi connectivity index (χ1n) is 11.3. The summed E-state index contributed by atoms with van der Waals surface area (Å²) in [5.74, 6) is 0.635. The summed E-state index contributed by atoms with van der Waals surface area (Å²) in [7, 11) is -3.58. The zero-order valence-electron chi connectivity index (χ0n) is 18.7. The first-order valence-corrected chi connectivity index (χ1v) is 12.8. The fraction of sp³-hybridized carbons (Fsp3) is 0.333. The lowest BCUT2D eigenvalue weighted by atomic mass is 9.87. The van der Waals surface area contributed by atoms with E-state index >= 15 is 0 Å². The average Bonchev–Trinajstić information content (AvgIpc) is 3.10. The van der Waals surface area contributed by atoms with E-state index in [1.165, 1.54) is 11.1 Å². The number of benzene rings is 3. The molecule has 1 fully saturated rings. The maximum absolute atomic E-state index is 13.8. The molecular formula is C27H30N2O2S. The number of aryl methyl sites for hydroxylation is 2. The molecule has 0 saturated carbocycles. The summed E-state index contributed by atoms with van der Waals surface area (Å²) in [4.78, 5) is 2.92. The van der Waals surface area contributed by atoms with E-state index < -0.39 is 10.0 Å². The predicted octanol–water partition coefficient (Wildman–Crippen LogP) is 4.72. The van der Waals surface area contributed by atoms with Crippen molar-refractivity contribution < 1.29 is 8.42 Å². The van der Waals surface area contributed by atoms with Gasteiger partial charge in [-0.25, -0.2) is 8.42 Å². The van der Waals surface area contributed by atoms with Crippen molar-refractivity contribution in [3.05, 3.63) is 101 Å². The van der Waals surface area contributed by atoms with Gasteiger partial charge in [0.15, 0.2) is 0 Å². The summed E-state index contributed by atoms with van der Waals surface area (Å²) >= 11 is 0. The highest BCUT2D eigenvalue weighted by molar-refractivity contribution is 7.89. The highest BCUT2D eigenvalue weighted by atomic mass is 32.2. The third kappa shape index (κ3) is 4.01. The van der Waals surface area contributed by atoms with Gasteiger partial charge in [0.1, 0.15) is 0 Å². The van der Waals surface area contributed by atoms with Crippen LogP contribution in [0.2, 0.25) is 0 Å². The van der Waals surface area contributed by atoms with E-state index in [4.69, 9.17) is 0 Å². The van der Waals surface area contributed by atoms with E-state index in [0.29, 0.717) is 23.9 Å². The van der Waals surface area contributed by atoms with Gasteiger partial charge in [-0.15, -0.1) is 0 Å². The summed E-state index contributed by atoms with van der Waals surface area (Å²) in [5, 5.41) is 0. The monoisotopic (exact) mass is 446 g/mol. The molecule has 2 heterocycles. The minimum atomic E-state index is -3.58. The van der Waals surface area contributed by atoms with Crippen molar-refractivity contribution >= 4 is 10.0 Å². The van der Waals surface area contributed by atoms with Crippen LogP contribution >= 0.6 is 0 Å². The van der Waals surface area contributed by atoms with Gasteiger partial charge in [0.25, 0.3) is 0 Å². The standard InChI is InChI=1S/C27H30N2O2S/c1-20-12-13-21(2)27(14-20)32(30,31)29-17-23-10-6-7-11-25(23)26-19-28(16-24(26)18-29)15-22-8-4-3-5-9-22/h3-14,24,26H,15-19H2,1-2H3/t24-,26?/m0/s1. The Labute approximate surface area is 191 Å². The zero-order valence-corrected chi connectivity index (χ0v) is 19.6. The van der Waals surface area contributed by atoms with Crippen molar-refractivity contribution in [3.63, 3.8) is 0 Å². The Morgan fingerprint density at radius 1 is 0.875 bits per heavy atom. The molecule has 166 valence electrons. The molecule has 1 unspecified atom stereocenters. The minimum absolute atomic E-state index is 0.280. The van der Waals surface area contributed by atoms with E-state index in [0.717, 1.165) is 36.3 Å². The van der Waals surface area contributed by atoms with E-state index in [-0.39, 0.29) is 5.92 Å². The Morgan fingerprint density at radius 2 is 1.62 bits per heavy atom. The summed E-state index contributed by atoms with van der Waals surface area (Å²) in [5.41, 5.74) is 5.53. The van der Waals surface area contributed by atoms with Crippen LogP contribution < -0.4 is 0 Å². The Balaban J connectivity index is 1.49. The van der Waals surface area contributed by atoms with Crippen molar-refractivity contribution in [3.8, 4) is 0 Å². The van der Waals surface area contributed by atoms with Gasteiger partial charge in [-0.3, -0.25) is 4.90 Å². The van der Waals surface area contributed by atoms with E-state index in [9.17, 15) is 8.42 Å². The molecule has 0 N–H and O–H groups in total.